The zero-order valence-electron chi connectivity index (χ0n) is 17.4. The van der Waals surface area contributed by atoms with Crippen LogP contribution in [0.2, 0.25) is 0 Å². The number of hydrogen-bond acceptors (Lipinski definition) is 6. The predicted octanol–water partition coefficient (Wildman–Crippen LogP) is 3.52. The van der Waals surface area contributed by atoms with Crippen molar-refractivity contribution in [3.05, 3.63) is 64.7 Å². The first-order chi connectivity index (χ1) is 15.6. The SMILES string of the molecule is CN1CCc2cc(N3CCn4nc(NC(=O)c5cc6cccnc6s5)cc43)ccc2C1=O. The van der Waals surface area contributed by atoms with Gasteiger partial charge < -0.3 is 15.1 Å². The Labute approximate surface area is 188 Å². The lowest BCUT2D eigenvalue weighted by Gasteiger charge is -2.26. The fourth-order valence-electron chi connectivity index (χ4n) is 4.34. The monoisotopic (exact) mass is 444 g/mol. The Kier molecular flexibility index (Phi) is 4.25. The molecule has 0 saturated carbocycles. The van der Waals surface area contributed by atoms with Gasteiger partial charge >= 0.3 is 0 Å². The van der Waals surface area contributed by atoms with E-state index in [1.807, 2.05) is 48.1 Å². The summed E-state index contributed by atoms with van der Waals surface area (Å²) in [6, 6.07) is 13.6. The largest absolute Gasteiger partial charge is 0.341 e. The summed E-state index contributed by atoms with van der Waals surface area (Å²) in [5, 5.41) is 8.44. The lowest BCUT2D eigenvalue weighted by molar-refractivity contribution is 0.0780. The third-order valence-corrected chi connectivity index (χ3v) is 7.08. The summed E-state index contributed by atoms with van der Waals surface area (Å²) in [7, 11) is 1.84. The average Bonchev–Trinajstić information content (AvgIpc) is 3.50. The van der Waals surface area contributed by atoms with Gasteiger partial charge in [0.2, 0.25) is 0 Å². The van der Waals surface area contributed by atoms with Crippen LogP contribution in [-0.4, -0.2) is 51.6 Å². The first-order valence-corrected chi connectivity index (χ1v) is 11.3. The molecule has 5 heterocycles. The van der Waals surface area contributed by atoms with Crippen molar-refractivity contribution in [1.29, 1.82) is 0 Å². The summed E-state index contributed by atoms with van der Waals surface area (Å²) in [4.78, 5) is 34.8. The van der Waals surface area contributed by atoms with Crippen molar-refractivity contribution in [2.75, 3.05) is 30.4 Å². The lowest BCUT2D eigenvalue weighted by atomic mass is 9.98. The molecule has 8 nitrogen and oxygen atoms in total. The van der Waals surface area contributed by atoms with E-state index in [4.69, 9.17) is 0 Å². The highest BCUT2D eigenvalue weighted by atomic mass is 32.1. The number of benzene rings is 1. The third kappa shape index (κ3) is 3.04. The van der Waals surface area contributed by atoms with Crippen molar-refractivity contribution in [2.45, 2.75) is 13.0 Å². The number of pyridine rings is 1. The van der Waals surface area contributed by atoms with Crippen LogP contribution in [0.3, 0.4) is 0 Å². The van der Waals surface area contributed by atoms with Gasteiger partial charge in [-0.05, 0) is 42.3 Å². The van der Waals surface area contributed by atoms with E-state index in [-0.39, 0.29) is 11.8 Å². The number of nitrogens with zero attached hydrogens (tertiary/aromatic N) is 5. The van der Waals surface area contributed by atoms with Gasteiger partial charge in [-0.1, -0.05) is 6.07 Å². The second-order valence-electron chi connectivity index (χ2n) is 8.04. The molecule has 0 saturated heterocycles. The summed E-state index contributed by atoms with van der Waals surface area (Å²) in [6.45, 7) is 2.26. The van der Waals surface area contributed by atoms with Crippen LogP contribution in [0, 0.1) is 0 Å². The van der Waals surface area contributed by atoms with E-state index < -0.39 is 0 Å². The van der Waals surface area contributed by atoms with E-state index in [1.165, 1.54) is 11.3 Å². The highest BCUT2D eigenvalue weighted by Gasteiger charge is 2.27. The predicted molar refractivity (Wildman–Crippen MR) is 124 cm³/mol. The lowest BCUT2D eigenvalue weighted by Crippen LogP contribution is -2.34. The molecular weight excluding hydrogens is 424 g/mol. The molecule has 0 fully saturated rings. The van der Waals surface area contributed by atoms with Crippen LogP contribution in [0.1, 0.15) is 25.6 Å². The zero-order valence-corrected chi connectivity index (χ0v) is 18.2. The van der Waals surface area contributed by atoms with E-state index in [0.29, 0.717) is 10.7 Å². The van der Waals surface area contributed by atoms with Crippen LogP contribution in [0.15, 0.2) is 48.7 Å². The molecule has 2 aliphatic heterocycles. The molecule has 9 heteroatoms. The fraction of sp³-hybridized carbons (Fsp3) is 0.217. The number of fused-ring (bicyclic) bond motifs is 3. The molecular formula is C23H20N6O2S. The molecule has 0 radical (unpaired) electrons. The molecule has 32 heavy (non-hydrogen) atoms. The van der Waals surface area contributed by atoms with E-state index in [9.17, 15) is 9.59 Å². The topological polar surface area (TPSA) is 83.4 Å². The maximum Gasteiger partial charge on any atom is 0.267 e. The summed E-state index contributed by atoms with van der Waals surface area (Å²) in [6.07, 6.45) is 2.58. The van der Waals surface area contributed by atoms with Crippen molar-refractivity contribution >= 4 is 50.7 Å². The Morgan fingerprint density at radius 1 is 1.12 bits per heavy atom. The Balaban J connectivity index is 1.25. The Bertz CT molecular complexity index is 1360. The molecule has 2 aliphatic rings. The molecule has 0 unspecified atom stereocenters. The normalized spacial score (nSPS) is 15.2. The van der Waals surface area contributed by atoms with E-state index >= 15 is 0 Å². The molecule has 3 aromatic heterocycles. The zero-order chi connectivity index (χ0) is 21.8. The Hall–Kier alpha value is -3.72. The summed E-state index contributed by atoms with van der Waals surface area (Å²) in [5.74, 6) is 1.34. The number of rotatable bonds is 3. The van der Waals surface area contributed by atoms with Gasteiger partial charge in [0.25, 0.3) is 11.8 Å². The van der Waals surface area contributed by atoms with Gasteiger partial charge in [-0.3, -0.25) is 9.59 Å². The molecule has 4 aromatic rings. The maximum absolute atomic E-state index is 12.8. The number of anilines is 3. The summed E-state index contributed by atoms with van der Waals surface area (Å²) < 4.78 is 1.90. The van der Waals surface area contributed by atoms with Crippen LogP contribution in [-0.2, 0) is 13.0 Å². The first-order valence-electron chi connectivity index (χ1n) is 10.5. The van der Waals surface area contributed by atoms with Gasteiger partial charge in [0, 0.05) is 49.0 Å². The Morgan fingerprint density at radius 2 is 2.03 bits per heavy atom. The van der Waals surface area contributed by atoms with Gasteiger partial charge in [-0.2, -0.15) is 5.10 Å². The number of carbonyl (C=O) groups is 2. The van der Waals surface area contributed by atoms with Crippen LogP contribution in [0.4, 0.5) is 17.3 Å². The summed E-state index contributed by atoms with van der Waals surface area (Å²) >= 11 is 1.37. The number of nitrogens with one attached hydrogen (secondary N) is 1. The average molecular weight is 445 g/mol. The number of carbonyl (C=O) groups excluding carboxylic acids is 2. The smallest absolute Gasteiger partial charge is 0.267 e. The van der Waals surface area contributed by atoms with Gasteiger partial charge in [-0.25, -0.2) is 9.67 Å². The molecule has 0 bridgehead atoms. The van der Waals surface area contributed by atoms with Crippen LogP contribution < -0.4 is 10.2 Å². The number of thiophene rings is 1. The van der Waals surface area contributed by atoms with Crippen molar-refractivity contribution in [1.82, 2.24) is 19.7 Å². The minimum atomic E-state index is -0.187. The van der Waals surface area contributed by atoms with E-state index in [2.05, 4.69) is 26.4 Å². The van der Waals surface area contributed by atoms with Gasteiger partial charge in [-0.15, -0.1) is 11.3 Å². The quantitative estimate of drug-likeness (QED) is 0.523. The van der Waals surface area contributed by atoms with Crippen molar-refractivity contribution < 1.29 is 9.59 Å². The van der Waals surface area contributed by atoms with Crippen LogP contribution in [0.25, 0.3) is 10.2 Å². The molecule has 0 spiro atoms. The second-order valence-corrected chi connectivity index (χ2v) is 9.07. The van der Waals surface area contributed by atoms with Crippen LogP contribution in [0.5, 0.6) is 0 Å². The number of aromatic nitrogens is 3. The molecule has 0 aliphatic carbocycles. The van der Waals surface area contributed by atoms with Crippen molar-refractivity contribution in [3.63, 3.8) is 0 Å². The number of likely N-dealkylation sites (N-methyl/N-ethyl adjacent to an activating group) is 1. The Morgan fingerprint density at radius 3 is 2.91 bits per heavy atom. The molecule has 1 aromatic carbocycles. The third-order valence-electron chi connectivity index (χ3n) is 6.02. The van der Waals surface area contributed by atoms with E-state index in [1.54, 1.807) is 11.1 Å². The van der Waals surface area contributed by atoms with Gasteiger partial charge in [0.1, 0.15) is 10.6 Å². The number of amides is 2. The fourth-order valence-corrected chi connectivity index (χ4v) is 5.24. The standard InChI is InChI=1S/C23H20N6O2S/c1-27-8-6-14-11-16(4-5-17(14)23(27)31)28-9-10-29-20(28)13-19(26-29)25-21(30)18-12-15-3-2-7-24-22(15)32-18/h2-5,7,11-13H,6,8-10H2,1H3,(H,25,26,30). The highest BCUT2D eigenvalue weighted by molar-refractivity contribution is 7.20. The first kappa shape index (κ1) is 19.0. The van der Waals surface area contributed by atoms with Crippen molar-refractivity contribution in [3.8, 4) is 0 Å². The minimum absolute atomic E-state index is 0.0747. The molecule has 0 atom stereocenters. The minimum Gasteiger partial charge on any atom is -0.341 e. The highest BCUT2D eigenvalue weighted by Crippen LogP contribution is 2.34. The number of hydrogen-bond donors (Lipinski definition) is 1. The molecule has 1 N–H and O–H groups in total. The molecule has 6 rings (SSSR count). The molecule has 2 amide bonds. The maximum atomic E-state index is 12.8. The van der Waals surface area contributed by atoms with Crippen LogP contribution >= 0.6 is 11.3 Å². The summed E-state index contributed by atoms with van der Waals surface area (Å²) in [5.41, 5.74) is 2.89. The van der Waals surface area contributed by atoms with Gasteiger partial charge in [0.05, 0.1) is 11.4 Å². The van der Waals surface area contributed by atoms with E-state index in [0.717, 1.165) is 58.9 Å². The van der Waals surface area contributed by atoms with Crippen molar-refractivity contribution in [2.24, 2.45) is 0 Å². The van der Waals surface area contributed by atoms with Gasteiger partial charge in [0.15, 0.2) is 5.82 Å². The second kappa shape index (κ2) is 7.16. The molecule has 160 valence electrons.